The molecule has 1 fully saturated rings. The van der Waals surface area contributed by atoms with Crippen LogP contribution in [0.2, 0.25) is 0 Å². The molecule has 1 rings (SSSR count). The summed E-state index contributed by atoms with van der Waals surface area (Å²) < 4.78 is 5.62. The molecule has 1 aliphatic rings. The van der Waals surface area contributed by atoms with E-state index in [2.05, 4.69) is 39.7 Å². The highest BCUT2D eigenvalue weighted by molar-refractivity contribution is 5.75. The van der Waals surface area contributed by atoms with Gasteiger partial charge in [-0.05, 0) is 74.1 Å². The van der Waals surface area contributed by atoms with Crippen molar-refractivity contribution in [3.8, 4) is 0 Å². The third kappa shape index (κ3) is 6.36. The maximum absolute atomic E-state index is 12.7. The monoisotopic (exact) mass is 341 g/mol. The summed E-state index contributed by atoms with van der Waals surface area (Å²) >= 11 is 0. The van der Waals surface area contributed by atoms with Crippen LogP contribution in [0.5, 0.6) is 0 Å². The van der Waals surface area contributed by atoms with E-state index in [0.29, 0.717) is 6.42 Å². The van der Waals surface area contributed by atoms with Gasteiger partial charge in [-0.1, -0.05) is 26.2 Å². The zero-order valence-electron chi connectivity index (χ0n) is 17.2. The van der Waals surface area contributed by atoms with E-state index in [4.69, 9.17) is 9.57 Å². The summed E-state index contributed by atoms with van der Waals surface area (Å²) in [6.07, 6.45) is 6.75. The van der Waals surface area contributed by atoms with Crippen LogP contribution in [0, 0.1) is 0 Å². The van der Waals surface area contributed by atoms with Gasteiger partial charge >= 0.3 is 5.97 Å². The Kier molecular flexibility index (Phi) is 7.30. The van der Waals surface area contributed by atoms with Crippen LogP contribution in [0.4, 0.5) is 0 Å². The minimum atomic E-state index is -0.521. The molecule has 1 atom stereocenters. The molecule has 0 radical (unpaired) electrons. The molecule has 1 aliphatic heterocycles. The number of carbonyl (C=O) groups excluding carboxylic acids is 1. The fraction of sp³-hybridized carbons (Fsp3) is 0.950. The van der Waals surface area contributed by atoms with Gasteiger partial charge in [-0.3, -0.25) is 4.84 Å². The number of esters is 1. The van der Waals surface area contributed by atoms with E-state index >= 15 is 0 Å². The molecule has 0 N–H and O–H groups in total. The highest BCUT2D eigenvalue weighted by Crippen LogP contribution is 2.39. The second kappa shape index (κ2) is 8.18. The van der Waals surface area contributed by atoms with Gasteiger partial charge in [-0.15, -0.1) is 0 Å². The molecule has 0 spiro atoms. The van der Waals surface area contributed by atoms with Gasteiger partial charge in [-0.2, -0.15) is 5.06 Å². The Labute approximate surface area is 149 Å². The van der Waals surface area contributed by atoms with Gasteiger partial charge in [0, 0.05) is 11.1 Å². The van der Waals surface area contributed by atoms with Crippen LogP contribution in [0.1, 0.15) is 100 Å². The third-order valence-corrected chi connectivity index (χ3v) is 4.65. The number of rotatable bonds is 7. The lowest BCUT2D eigenvalue weighted by Crippen LogP contribution is -2.60. The van der Waals surface area contributed by atoms with E-state index in [1.165, 1.54) is 6.42 Å². The molecule has 24 heavy (non-hydrogen) atoms. The summed E-state index contributed by atoms with van der Waals surface area (Å²) in [5, 5.41) is 2.07. The van der Waals surface area contributed by atoms with Crippen LogP contribution in [0.15, 0.2) is 0 Å². The van der Waals surface area contributed by atoms with Gasteiger partial charge in [-0.25, -0.2) is 4.79 Å². The topological polar surface area (TPSA) is 38.8 Å². The van der Waals surface area contributed by atoms with Crippen molar-refractivity contribution in [1.29, 1.82) is 0 Å². The molecule has 1 saturated heterocycles. The van der Waals surface area contributed by atoms with Crippen LogP contribution >= 0.6 is 0 Å². The first-order valence-corrected chi connectivity index (χ1v) is 9.59. The van der Waals surface area contributed by atoms with Crippen molar-refractivity contribution in [2.45, 2.75) is 123 Å². The van der Waals surface area contributed by atoms with Crippen LogP contribution in [0.25, 0.3) is 0 Å². The van der Waals surface area contributed by atoms with Gasteiger partial charge in [0.15, 0.2) is 6.10 Å². The first-order chi connectivity index (χ1) is 10.9. The van der Waals surface area contributed by atoms with E-state index in [-0.39, 0.29) is 17.0 Å². The molecule has 1 heterocycles. The molecule has 4 nitrogen and oxygen atoms in total. The SMILES string of the molecule is CCCCCC(ON1C(C)(C)CCCC1(C)C)C(=O)OC(C)(C)C. The lowest BCUT2D eigenvalue weighted by Gasteiger charge is -2.52. The Morgan fingerprint density at radius 3 is 2.08 bits per heavy atom. The van der Waals surface area contributed by atoms with Crippen LogP contribution < -0.4 is 0 Å². The first kappa shape index (κ1) is 21.4. The summed E-state index contributed by atoms with van der Waals surface area (Å²) in [5.41, 5.74) is -0.643. The summed E-state index contributed by atoms with van der Waals surface area (Å²) in [6.45, 7) is 16.7. The Bertz CT molecular complexity index is 394. The van der Waals surface area contributed by atoms with Crippen LogP contribution in [0.3, 0.4) is 0 Å². The molecule has 0 bridgehead atoms. The third-order valence-electron chi connectivity index (χ3n) is 4.65. The normalized spacial score (nSPS) is 22.2. The molecule has 4 heteroatoms. The summed E-state index contributed by atoms with van der Waals surface area (Å²) in [5.74, 6) is -0.240. The minimum Gasteiger partial charge on any atom is -0.458 e. The van der Waals surface area contributed by atoms with Crippen LogP contribution in [-0.2, 0) is 14.4 Å². The van der Waals surface area contributed by atoms with Gasteiger partial charge in [0.2, 0.25) is 0 Å². The Morgan fingerprint density at radius 2 is 1.62 bits per heavy atom. The van der Waals surface area contributed by atoms with E-state index < -0.39 is 11.7 Å². The second-order valence-electron chi connectivity index (χ2n) is 9.40. The number of ether oxygens (including phenoxy) is 1. The maximum atomic E-state index is 12.7. The number of carbonyl (C=O) groups is 1. The van der Waals surface area contributed by atoms with Crippen molar-refractivity contribution < 1.29 is 14.4 Å². The van der Waals surface area contributed by atoms with Crippen molar-refractivity contribution in [2.75, 3.05) is 0 Å². The van der Waals surface area contributed by atoms with Gasteiger partial charge < -0.3 is 4.74 Å². The number of hydroxylamine groups is 2. The van der Waals surface area contributed by atoms with E-state index in [0.717, 1.165) is 32.1 Å². The molecule has 1 unspecified atom stereocenters. The quantitative estimate of drug-likeness (QED) is 0.468. The second-order valence-corrected chi connectivity index (χ2v) is 9.40. The van der Waals surface area contributed by atoms with Crippen molar-refractivity contribution >= 4 is 5.97 Å². The van der Waals surface area contributed by atoms with E-state index in [1.807, 2.05) is 20.8 Å². The van der Waals surface area contributed by atoms with Gasteiger partial charge in [0.05, 0.1) is 0 Å². The average Bonchev–Trinajstić information content (AvgIpc) is 2.38. The van der Waals surface area contributed by atoms with Crippen molar-refractivity contribution in [2.24, 2.45) is 0 Å². The molecule has 0 amide bonds. The zero-order valence-corrected chi connectivity index (χ0v) is 17.2. The van der Waals surface area contributed by atoms with E-state index in [9.17, 15) is 4.79 Å². The molecule has 0 saturated carbocycles. The molecule has 0 aromatic carbocycles. The summed E-state index contributed by atoms with van der Waals surface area (Å²) in [7, 11) is 0. The number of hydrogen-bond donors (Lipinski definition) is 0. The number of piperidine rings is 1. The molecule has 0 aromatic heterocycles. The fourth-order valence-electron chi connectivity index (χ4n) is 3.55. The van der Waals surface area contributed by atoms with Crippen molar-refractivity contribution in [1.82, 2.24) is 5.06 Å². The first-order valence-electron chi connectivity index (χ1n) is 9.59. The Balaban J connectivity index is 2.90. The van der Waals surface area contributed by atoms with Crippen LogP contribution in [-0.4, -0.2) is 33.8 Å². The summed E-state index contributed by atoms with van der Waals surface area (Å²) in [6, 6.07) is 0. The Morgan fingerprint density at radius 1 is 1.08 bits per heavy atom. The minimum absolute atomic E-state index is 0.0766. The van der Waals surface area contributed by atoms with Gasteiger partial charge in [0.1, 0.15) is 5.60 Å². The molecular weight excluding hydrogens is 302 g/mol. The number of unbranched alkanes of at least 4 members (excludes halogenated alkanes) is 2. The summed E-state index contributed by atoms with van der Waals surface area (Å²) in [4.78, 5) is 19.0. The lowest BCUT2D eigenvalue weighted by molar-refractivity contribution is -0.304. The number of hydrogen-bond acceptors (Lipinski definition) is 4. The van der Waals surface area contributed by atoms with Crippen molar-refractivity contribution in [3.63, 3.8) is 0 Å². The zero-order chi connectivity index (χ0) is 18.6. The molecule has 142 valence electrons. The van der Waals surface area contributed by atoms with E-state index in [1.54, 1.807) is 0 Å². The molecular formula is C20H39NO3. The predicted octanol–water partition coefficient (Wildman–Crippen LogP) is 5.25. The highest BCUT2D eigenvalue weighted by Gasteiger charge is 2.44. The molecule has 0 aliphatic carbocycles. The molecule has 0 aromatic rings. The predicted molar refractivity (Wildman–Crippen MR) is 98.7 cm³/mol. The average molecular weight is 342 g/mol. The van der Waals surface area contributed by atoms with Gasteiger partial charge in [0.25, 0.3) is 0 Å². The largest absolute Gasteiger partial charge is 0.458 e. The highest BCUT2D eigenvalue weighted by atomic mass is 16.7. The van der Waals surface area contributed by atoms with Crippen molar-refractivity contribution in [3.05, 3.63) is 0 Å². The Hall–Kier alpha value is -0.610. The lowest BCUT2D eigenvalue weighted by atomic mass is 9.82. The smallest absolute Gasteiger partial charge is 0.337 e. The fourth-order valence-corrected chi connectivity index (χ4v) is 3.55. The standard InChI is InChI=1S/C20H39NO3/c1-9-10-11-13-16(17(22)23-18(2,3)4)24-21-19(5,6)14-12-15-20(21,7)8/h16H,9-15H2,1-8H3. The maximum Gasteiger partial charge on any atom is 0.337 e. The number of nitrogens with zero attached hydrogens (tertiary/aromatic N) is 1.